The molecule has 12 heteroatoms. The number of nitro benzene ring substituents is 1. The maximum Gasteiger partial charge on any atom is 0.338 e. The van der Waals surface area contributed by atoms with E-state index in [1.165, 1.54) is 23.8 Å². The lowest BCUT2D eigenvalue weighted by Crippen LogP contribution is -2.40. The number of carbonyl (C=O) groups excluding carboxylic acids is 1. The summed E-state index contributed by atoms with van der Waals surface area (Å²) >= 11 is 7.55. The third-order valence-corrected chi connectivity index (χ3v) is 8.92. The number of thiazole rings is 1. The van der Waals surface area contributed by atoms with Gasteiger partial charge in [-0.25, -0.2) is 9.79 Å². The molecular formula is C31H33ClN4O6S. The number of piperidine rings is 1. The van der Waals surface area contributed by atoms with Gasteiger partial charge < -0.3 is 14.4 Å². The molecule has 0 spiro atoms. The Morgan fingerprint density at radius 2 is 1.93 bits per heavy atom. The van der Waals surface area contributed by atoms with Crippen LogP contribution in [0.1, 0.15) is 57.7 Å². The smallest absolute Gasteiger partial charge is 0.338 e. The maximum atomic E-state index is 14.2. The lowest BCUT2D eigenvalue weighted by atomic mass is 9.95. The van der Waals surface area contributed by atoms with Crippen molar-refractivity contribution in [3.05, 3.63) is 93.6 Å². The van der Waals surface area contributed by atoms with Crippen LogP contribution >= 0.6 is 22.9 Å². The molecule has 2 aliphatic heterocycles. The van der Waals surface area contributed by atoms with Gasteiger partial charge >= 0.3 is 5.97 Å². The van der Waals surface area contributed by atoms with Crippen LogP contribution in [-0.4, -0.2) is 41.8 Å². The van der Waals surface area contributed by atoms with Crippen LogP contribution in [-0.2, 0) is 9.53 Å². The number of nitrogens with zero attached hydrogens (tertiary/aromatic N) is 4. The van der Waals surface area contributed by atoms with Crippen molar-refractivity contribution in [2.75, 3.05) is 25.1 Å². The molecule has 0 unspecified atom stereocenters. The fourth-order valence-electron chi connectivity index (χ4n) is 5.52. The minimum Gasteiger partial charge on any atom is -0.496 e. The quantitative estimate of drug-likeness (QED) is 0.206. The molecule has 1 fully saturated rings. The summed E-state index contributed by atoms with van der Waals surface area (Å²) in [4.78, 5) is 46.1. The summed E-state index contributed by atoms with van der Waals surface area (Å²) < 4.78 is 13.0. The zero-order chi connectivity index (χ0) is 31.0. The number of hydrogen-bond acceptors (Lipinski definition) is 9. The van der Waals surface area contributed by atoms with E-state index >= 15 is 0 Å². The van der Waals surface area contributed by atoms with E-state index in [0.717, 1.165) is 43.0 Å². The largest absolute Gasteiger partial charge is 0.496 e. The third kappa shape index (κ3) is 6.09. The molecule has 5 rings (SSSR count). The molecule has 1 saturated heterocycles. The third-order valence-electron chi connectivity index (χ3n) is 7.70. The van der Waals surface area contributed by atoms with E-state index in [-0.39, 0.29) is 11.3 Å². The Hall–Kier alpha value is -3.96. The van der Waals surface area contributed by atoms with Gasteiger partial charge in [0, 0.05) is 47.1 Å². The van der Waals surface area contributed by atoms with Gasteiger partial charge in [-0.15, -0.1) is 0 Å². The van der Waals surface area contributed by atoms with Crippen LogP contribution in [0.25, 0.3) is 6.08 Å². The Morgan fingerprint density at radius 1 is 1.21 bits per heavy atom. The second-order valence-corrected chi connectivity index (χ2v) is 12.5. The molecule has 0 N–H and O–H groups in total. The van der Waals surface area contributed by atoms with E-state index in [2.05, 4.69) is 16.8 Å². The van der Waals surface area contributed by atoms with Gasteiger partial charge in [-0.3, -0.25) is 19.5 Å². The lowest BCUT2D eigenvalue weighted by Gasteiger charge is -2.33. The van der Waals surface area contributed by atoms with Crippen molar-refractivity contribution in [3.63, 3.8) is 0 Å². The van der Waals surface area contributed by atoms with Crippen LogP contribution in [0.2, 0.25) is 5.02 Å². The van der Waals surface area contributed by atoms with Crippen molar-refractivity contribution in [3.8, 4) is 5.75 Å². The number of methoxy groups -OCH3 is 1. The van der Waals surface area contributed by atoms with Crippen LogP contribution in [0.15, 0.2) is 57.5 Å². The van der Waals surface area contributed by atoms with Crippen LogP contribution in [0, 0.1) is 16.0 Å². The van der Waals surface area contributed by atoms with Crippen molar-refractivity contribution in [1.29, 1.82) is 0 Å². The summed E-state index contributed by atoms with van der Waals surface area (Å²) in [5, 5.41) is 12.1. The van der Waals surface area contributed by atoms with Crippen molar-refractivity contribution < 1.29 is 19.2 Å². The average molecular weight is 625 g/mol. The molecule has 0 saturated carbocycles. The van der Waals surface area contributed by atoms with Crippen LogP contribution in [0.3, 0.4) is 0 Å². The van der Waals surface area contributed by atoms with E-state index in [9.17, 15) is 19.7 Å². The van der Waals surface area contributed by atoms with Crippen LogP contribution in [0.5, 0.6) is 5.75 Å². The Balaban J connectivity index is 1.74. The SMILES string of the molecule is COc1ccc(Cl)cc1[C@@H]1C(C(=O)OC(C)C)=C(C)N=c2s/c(=C\c3cc([N+](=O)[O-])ccc3N3CCC(C)CC3)c(=O)n21. The molecule has 2 aromatic carbocycles. The number of fused-ring (bicyclic) bond motifs is 1. The summed E-state index contributed by atoms with van der Waals surface area (Å²) in [7, 11) is 1.50. The highest BCUT2D eigenvalue weighted by Crippen LogP contribution is 2.37. The molecule has 0 bridgehead atoms. The van der Waals surface area contributed by atoms with E-state index in [4.69, 9.17) is 21.1 Å². The van der Waals surface area contributed by atoms with Crippen molar-refractivity contribution in [2.24, 2.45) is 10.9 Å². The average Bonchev–Trinajstić information content (AvgIpc) is 3.26. The molecule has 2 aliphatic rings. The number of halogens is 1. The van der Waals surface area contributed by atoms with E-state index in [1.807, 2.05) is 0 Å². The van der Waals surface area contributed by atoms with Gasteiger partial charge in [-0.2, -0.15) is 0 Å². The Morgan fingerprint density at radius 3 is 2.58 bits per heavy atom. The Kier molecular flexibility index (Phi) is 8.75. The van der Waals surface area contributed by atoms with Gasteiger partial charge in [0.15, 0.2) is 4.80 Å². The monoisotopic (exact) mass is 624 g/mol. The zero-order valence-corrected chi connectivity index (χ0v) is 26.2. The number of benzene rings is 2. The number of ether oxygens (including phenoxy) is 2. The number of esters is 1. The predicted octanol–water partition coefficient (Wildman–Crippen LogP) is 4.99. The van der Waals surface area contributed by atoms with Gasteiger partial charge in [0.1, 0.15) is 11.8 Å². The molecule has 10 nitrogen and oxygen atoms in total. The minimum atomic E-state index is -0.925. The number of anilines is 1. The number of non-ortho nitro benzene ring substituents is 1. The number of rotatable bonds is 7. The topological polar surface area (TPSA) is 116 Å². The zero-order valence-electron chi connectivity index (χ0n) is 24.6. The molecule has 226 valence electrons. The van der Waals surface area contributed by atoms with Crippen molar-refractivity contribution >= 4 is 46.4 Å². The van der Waals surface area contributed by atoms with Crippen LogP contribution in [0.4, 0.5) is 11.4 Å². The van der Waals surface area contributed by atoms with Gasteiger partial charge in [0.2, 0.25) is 0 Å². The molecule has 1 atom stereocenters. The number of aromatic nitrogens is 1. The highest BCUT2D eigenvalue weighted by atomic mass is 35.5. The number of carbonyl (C=O) groups is 1. The highest BCUT2D eigenvalue weighted by Gasteiger charge is 2.35. The fourth-order valence-corrected chi connectivity index (χ4v) is 6.74. The molecule has 0 amide bonds. The Bertz CT molecular complexity index is 1800. The van der Waals surface area contributed by atoms with E-state index in [0.29, 0.717) is 42.8 Å². The molecule has 3 heterocycles. The van der Waals surface area contributed by atoms with Gasteiger partial charge in [-0.1, -0.05) is 29.9 Å². The van der Waals surface area contributed by atoms with Gasteiger partial charge in [0.25, 0.3) is 11.2 Å². The molecule has 3 aromatic rings. The molecule has 43 heavy (non-hydrogen) atoms. The van der Waals surface area contributed by atoms with Crippen molar-refractivity contribution in [2.45, 2.75) is 52.7 Å². The summed E-state index contributed by atoms with van der Waals surface area (Å²) in [6.07, 6.45) is 3.30. The first-order valence-electron chi connectivity index (χ1n) is 14.1. The Labute approximate surface area is 257 Å². The van der Waals surface area contributed by atoms with Crippen LogP contribution < -0.4 is 24.5 Å². The molecular weight excluding hydrogens is 592 g/mol. The van der Waals surface area contributed by atoms with Crippen molar-refractivity contribution in [1.82, 2.24) is 4.57 Å². The predicted molar refractivity (Wildman–Crippen MR) is 167 cm³/mol. The lowest BCUT2D eigenvalue weighted by molar-refractivity contribution is -0.384. The molecule has 0 radical (unpaired) electrons. The summed E-state index contributed by atoms with van der Waals surface area (Å²) in [6, 6.07) is 8.84. The normalized spacial score (nSPS) is 17.6. The first kappa shape index (κ1) is 30.5. The second kappa shape index (κ2) is 12.3. The first-order chi connectivity index (χ1) is 20.5. The fraction of sp³-hybridized carbons (Fsp3) is 0.387. The second-order valence-electron chi connectivity index (χ2n) is 11.1. The van der Waals surface area contributed by atoms with Gasteiger partial charge in [-0.05, 0) is 69.9 Å². The first-order valence-corrected chi connectivity index (χ1v) is 15.3. The molecule has 1 aromatic heterocycles. The van der Waals surface area contributed by atoms with E-state index in [1.54, 1.807) is 51.1 Å². The minimum absolute atomic E-state index is 0.0655. The highest BCUT2D eigenvalue weighted by molar-refractivity contribution is 7.07. The summed E-state index contributed by atoms with van der Waals surface area (Å²) in [5.41, 5.74) is 2.05. The van der Waals surface area contributed by atoms with Gasteiger partial charge in [0.05, 0.1) is 33.9 Å². The number of hydrogen-bond donors (Lipinski definition) is 0. The van der Waals surface area contributed by atoms with E-state index < -0.39 is 28.6 Å². The number of nitro groups is 1. The maximum absolute atomic E-state index is 14.2. The summed E-state index contributed by atoms with van der Waals surface area (Å²) in [5.74, 6) is 0.441. The summed E-state index contributed by atoms with van der Waals surface area (Å²) in [6.45, 7) is 9.04. The standard InChI is InChI=1S/C31H33ClN4O6S/c1-17(2)42-30(38)27-19(4)33-31-35(28(27)23-16-21(32)6-9-25(23)41-5)29(37)26(43-31)15-20-14-22(36(39)40)7-8-24(20)34-12-10-18(3)11-13-34/h6-9,14-18,28H,10-13H2,1-5H3/b26-15-/t28-/m1/s1. The molecule has 0 aliphatic carbocycles. The number of allylic oxidation sites excluding steroid dienone is 1.